The van der Waals surface area contributed by atoms with Crippen LogP contribution in [-0.4, -0.2) is 16.9 Å². The van der Waals surface area contributed by atoms with Gasteiger partial charge in [0.1, 0.15) is 10.4 Å². The second kappa shape index (κ2) is 3.94. The van der Waals surface area contributed by atoms with Gasteiger partial charge in [0.15, 0.2) is 0 Å². The van der Waals surface area contributed by atoms with Crippen molar-refractivity contribution in [2.24, 2.45) is 0 Å². The Bertz CT molecular complexity index is 481. The SMILES string of the molecule is COc1cccc(-n2ncc(N)c2Br)c1. The highest BCUT2D eigenvalue weighted by atomic mass is 79.9. The van der Waals surface area contributed by atoms with Gasteiger partial charge in [-0.1, -0.05) is 6.07 Å². The number of ether oxygens (including phenoxy) is 1. The first-order valence-corrected chi connectivity index (χ1v) is 5.15. The fourth-order valence-electron chi connectivity index (χ4n) is 1.27. The standard InChI is InChI=1S/C10H10BrN3O/c1-15-8-4-2-3-7(5-8)14-10(11)9(12)6-13-14/h2-6H,12H2,1H3. The molecule has 4 nitrogen and oxygen atoms in total. The monoisotopic (exact) mass is 267 g/mol. The molecule has 0 aliphatic carbocycles. The third-order valence-corrected chi connectivity index (χ3v) is 2.83. The van der Waals surface area contributed by atoms with Crippen LogP contribution in [0, 0.1) is 0 Å². The molecule has 2 N–H and O–H groups in total. The average Bonchev–Trinajstić information content (AvgIpc) is 2.60. The molecule has 0 atom stereocenters. The van der Waals surface area contributed by atoms with Crippen LogP contribution in [-0.2, 0) is 0 Å². The molecule has 78 valence electrons. The number of hydrogen-bond acceptors (Lipinski definition) is 3. The second-order valence-electron chi connectivity index (χ2n) is 3.00. The van der Waals surface area contributed by atoms with Crippen LogP contribution in [0.1, 0.15) is 0 Å². The highest BCUT2D eigenvalue weighted by molar-refractivity contribution is 9.10. The lowest BCUT2D eigenvalue weighted by atomic mass is 10.3. The molecule has 0 radical (unpaired) electrons. The van der Waals surface area contributed by atoms with Crippen molar-refractivity contribution in [3.8, 4) is 11.4 Å². The third-order valence-electron chi connectivity index (χ3n) is 2.03. The van der Waals surface area contributed by atoms with Gasteiger partial charge in [-0.2, -0.15) is 5.10 Å². The Balaban J connectivity index is 2.49. The summed E-state index contributed by atoms with van der Waals surface area (Å²) in [5, 5.41) is 4.15. The minimum Gasteiger partial charge on any atom is -0.497 e. The summed E-state index contributed by atoms with van der Waals surface area (Å²) in [4.78, 5) is 0. The van der Waals surface area contributed by atoms with E-state index in [1.165, 1.54) is 0 Å². The second-order valence-corrected chi connectivity index (χ2v) is 3.76. The van der Waals surface area contributed by atoms with Crippen LogP contribution in [0.25, 0.3) is 5.69 Å². The van der Waals surface area contributed by atoms with E-state index >= 15 is 0 Å². The number of anilines is 1. The average molecular weight is 268 g/mol. The zero-order valence-electron chi connectivity index (χ0n) is 8.14. The van der Waals surface area contributed by atoms with Gasteiger partial charge in [-0.25, -0.2) is 4.68 Å². The summed E-state index contributed by atoms with van der Waals surface area (Å²) in [5.74, 6) is 0.786. The third kappa shape index (κ3) is 1.83. The number of nitrogens with zero attached hydrogens (tertiary/aromatic N) is 2. The Morgan fingerprint density at radius 1 is 1.47 bits per heavy atom. The van der Waals surface area contributed by atoms with Gasteiger partial charge in [-0.05, 0) is 28.1 Å². The molecule has 5 heteroatoms. The number of nitrogens with two attached hydrogens (primary N) is 1. The minimum absolute atomic E-state index is 0.609. The molecule has 1 heterocycles. The van der Waals surface area contributed by atoms with Crippen molar-refractivity contribution in [2.75, 3.05) is 12.8 Å². The largest absolute Gasteiger partial charge is 0.497 e. The molecule has 0 aliphatic rings. The summed E-state index contributed by atoms with van der Waals surface area (Å²) >= 11 is 3.37. The molecule has 2 rings (SSSR count). The first kappa shape index (κ1) is 10.0. The zero-order chi connectivity index (χ0) is 10.8. The fraction of sp³-hybridized carbons (Fsp3) is 0.100. The highest BCUT2D eigenvalue weighted by Crippen LogP contribution is 2.24. The van der Waals surface area contributed by atoms with Gasteiger partial charge < -0.3 is 10.5 Å². The maximum Gasteiger partial charge on any atom is 0.132 e. The van der Waals surface area contributed by atoms with E-state index in [9.17, 15) is 0 Å². The molecule has 0 amide bonds. The van der Waals surface area contributed by atoms with Crippen LogP contribution in [0.3, 0.4) is 0 Å². The van der Waals surface area contributed by atoms with Gasteiger partial charge in [0.25, 0.3) is 0 Å². The van der Waals surface area contributed by atoms with Gasteiger partial charge in [-0.3, -0.25) is 0 Å². The predicted molar refractivity (Wildman–Crippen MR) is 62.2 cm³/mol. The number of rotatable bonds is 2. The molecule has 0 fully saturated rings. The van der Waals surface area contributed by atoms with Crippen molar-refractivity contribution in [3.63, 3.8) is 0 Å². The van der Waals surface area contributed by atoms with E-state index in [1.807, 2.05) is 24.3 Å². The Hall–Kier alpha value is -1.49. The van der Waals surface area contributed by atoms with Gasteiger partial charge in [-0.15, -0.1) is 0 Å². The number of aromatic nitrogens is 2. The molecule has 1 aromatic carbocycles. The van der Waals surface area contributed by atoms with Gasteiger partial charge in [0, 0.05) is 6.07 Å². The lowest BCUT2D eigenvalue weighted by Crippen LogP contribution is -1.97. The molecule has 0 saturated heterocycles. The lowest BCUT2D eigenvalue weighted by Gasteiger charge is -2.05. The van der Waals surface area contributed by atoms with Crippen molar-refractivity contribution in [2.45, 2.75) is 0 Å². The normalized spacial score (nSPS) is 10.3. The van der Waals surface area contributed by atoms with Crippen LogP contribution in [0.4, 0.5) is 5.69 Å². The maximum atomic E-state index is 5.69. The molecule has 0 bridgehead atoms. The summed E-state index contributed by atoms with van der Waals surface area (Å²) in [6.45, 7) is 0. The molecule has 0 unspecified atom stereocenters. The van der Waals surface area contributed by atoms with Gasteiger partial charge >= 0.3 is 0 Å². The Labute approximate surface area is 95.8 Å². The molecule has 1 aromatic heterocycles. The van der Waals surface area contributed by atoms with Crippen LogP contribution >= 0.6 is 15.9 Å². The summed E-state index contributed by atoms with van der Waals surface area (Å²) in [6, 6.07) is 7.60. The Morgan fingerprint density at radius 2 is 2.27 bits per heavy atom. The summed E-state index contributed by atoms with van der Waals surface area (Å²) < 4.78 is 7.59. The number of methoxy groups -OCH3 is 1. The number of nitrogen functional groups attached to an aromatic ring is 1. The van der Waals surface area contributed by atoms with E-state index in [4.69, 9.17) is 10.5 Å². The topological polar surface area (TPSA) is 53.1 Å². The fourth-order valence-corrected chi connectivity index (χ4v) is 1.67. The Morgan fingerprint density at radius 3 is 2.87 bits per heavy atom. The number of hydrogen-bond donors (Lipinski definition) is 1. The summed E-state index contributed by atoms with van der Waals surface area (Å²) in [7, 11) is 1.63. The molecule has 2 aromatic rings. The van der Waals surface area contributed by atoms with E-state index < -0.39 is 0 Å². The van der Waals surface area contributed by atoms with Crippen LogP contribution in [0.2, 0.25) is 0 Å². The summed E-state index contributed by atoms with van der Waals surface area (Å²) in [5.41, 5.74) is 7.20. The van der Waals surface area contributed by atoms with E-state index in [-0.39, 0.29) is 0 Å². The van der Waals surface area contributed by atoms with Crippen molar-refractivity contribution in [3.05, 3.63) is 35.1 Å². The number of halogens is 1. The van der Waals surface area contributed by atoms with Crippen molar-refractivity contribution < 1.29 is 4.74 Å². The molecule has 15 heavy (non-hydrogen) atoms. The first-order chi connectivity index (χ1) is 7.22. The predicted octanol–water partition coefficient (Wildman–Crippen LogP) is 2.23. The Kier molecular flexibility index (Phi) is 2.64. The molecule has 0 aliphatic heterocycles. The zero-order valence-corrected chi connectivity index (χ0v) is 9.73. The van der Waals surface area contributed by atoms with Crippen LogP contribution in [0.5, 0.6) is 5.75 Å². The summed E-state index contributed by atoms with van der Waals surface area (Å²) in [6.07, 6.45) is 1.60. The first-order valence-electron chi connectivity index (χ1n) is 4.36. The van der Waals surface area contributed by atoms with E-state index in [2.05, 4.69) is 21.0 Å². The van der Waals surface area contributed by atoms with Gasteiger partial charge in [0.2, 0.25) is 0 Å². The van der Waals surface area contributed by atoms with E-state index in [1.54, 1.807) is 18.0 Å². The maximum absolute atomic E-state index is 5.69. The highest BCUT2D eigenvalue weighted by Gasteiger charge is 2.06. The van der Waals surface area contributed by atoms with Crippen molar-refractivity contribution in [1.29, 1.82) is 0 Å². The molecular formula is C10H10BrN3O. The van der Waals surface area contributed by atoms with Crippen molar-refractivity contribution >= 4 is 21.6 Å². The molecular weight excluding hydrogens is 258 g/mol. The molecule has 0 saturated carbocycles. The van der Waals surface area contributed by atoms with Crippen molar-refractivity contribution in [1.82, 2.24) is 9.78 Å². The van der Waals surface area contributed by atoms with Gasteiger partial charge in [0.05, 0.1) is 24.7 Å². The van der Waals surface area contributed by atoms with Crippen LogP contribution < -0.4 is 10.5 Å². The van der Waals surface area contributed by atoms with E-state index in [0.29, 0.717) is 5.69 Å². The van der Waals surface area contributed by atoms with Crippen LogP contribution in [0.15, 0.2) is 35.1 Å². The van der Waals surface area contributed by atoms with E-state index in [0.717, 1.165) is 16.0 Å². The quantitative estimate of drug-likeness (QED) is 0.908. The smallest absolute Gasteiger partial charge is 0.132 e. The molecule has 0 spiro atoms. The minimum atomic E-state index is 0.609. The lowest BCUT2D eigenvalue weighted by molar-refractivity contribution is 0.414. The number of benzene rings is 1.